The van der Waals surface area contributed by atoms with E-state index in [0.29, 0.717) is 0 Å². The van der Waals surface area contributed by atoms with Crippen molar-refractivity contribution in [2.75, 3.05) is 5.73 Å². The zero-order chi connectivity index (χ0) is 11.6. The van der Waals surface area contributed by atoms with E-state index in [4.69, 9.17) is 11.5 Å². The number of hydrogen-bond donors (Lipinski definition) is 3. The third-order valence-corrected chi connectivity index (χ3v) is 1.55. The number of pyridine rings is 1. The molecule has 0 radical (unpaired) electrons. The van der Waals surface area contributed by atoms with E-state index in [1.54, 1.807) is 0 Å². The number of ether oxygens (including phenoxy) is 1. The Morgan fingerprint density at radius 2 is 2.07 bits per heavy atom. The highest BCUT2D eigenvalue weighted by Gasteiger charge is 2.34. The third-order valence-electron chi connectivity index (χ3n) is 1.55. The Bertz CT molecular complexity index is 367. The fourth-order valence-corrected chi connectivity index (χ4v) is 0.911. The van der Waals surface area contributed by atoms with Crippen LogP contribution in [0.25, 0.3) is 0 Å². The van der Waals surface area contributed by atoms with Crippen LogP contribution in [-0.2, 0) is 6.54 Å². The maximum Gasteiger partial charge on any atom is 0.573 e. The first kappa shape index (κ1) is 11.4. The fraction of sp³-hybridized carbons (Fsp3) is 0.286. The summed E-state index contributed by atoms with van der Waals surface area (Å²) in [5.74, 6) is -2.13. The Kier molecular flexibility index (Phi) is 2.89. The minimum atomic E-state index is -4.92. The van der Waals surface area contributed by atoms with Gasteiger partial charge in [-0.05, 0) is 0 Å². The van der Waals surface area contributed by atoms with Gasteiger partial charge in [0.25, 0.3) is 0 Å². The van der Waals surface area contributed by atoms with Gasteiger partial charge in [0.05, 0.1) is 0 Å². The number of nitrogen functional groups attached to an aromatic ring is 1. The monoisotopic (exact) mass is 223 g/mol. The average molecular weight is 223 g/mol. The molecule has 1 aromatic heterocycles. The number of hydrogen-bond acceptors (Lipinski definition) is 5. The van der Waals surface area contributed by atoms with Crippen molar-refractivity contribution in [1.29, 1.82) is 0 Å². The molecule has 0 aliphatic heterocycles. The van der Waals surface area contributed by atoms with E-state index in [2.05, 4.69) is 9.72 Å². The van der Waals surface area contributed by atoms with Gasteiger partial charge in [-0.15, -0.1) is 13.2 Å². The van der Waals surface area contributed by atoms with Crippen molar-refractivity contribution in [3.05, 3.63) is 11.8 Å². The number of aromatic nitrogens is 1. The Hall–Kier alpha value is -1.70. The average Bonchev–Trinajstić information content (AvgIpc) is 2.11. The van der Waals surface area contributed by atoms with E-state index in [9.17, 15) is 18.3 Å². The summed E-state index contributed by atoms with van der Waals surface area (Å²) in [6.07, 6.45) is -3.91. The van der Waals surface area contributed by atoms with Crippen LogP contribution in [0, 0.1) is 0 Å². The van der Waals surface area contributed by atoms with Crippen molar-refractivity contribution in [2.24, 2.45) is 5.73 Å². The number of halogens is 3. The maximum atomic E-state index is 11.9. The van der Waals surface area contributed by atoms with Crippen molar-refractivity contribution >= 4 is 5.82 Å². The number of nitrogens with two attached hydrogens (primary N) is 2. The molecule has 0 saturated carbocycles. The van der Waals surface area contributed by atoms with Crippen molar-refractivity contribution in [2.45, 2.75) is 12.9 Å². The van der Waals surface area contributed by atoms with Gasteiger partial charge in [-0.2, -0.15) is 0 Å². The molecule has 0 aliphatic carbocycles. The van der Waals surface area contributed by atoms with Gasteiger partial charge in [0, 0.05) is 18.3 Å². The van der Waals surface area contributed by atoms with Crippen LogP contribution in [0.5, 0.6) is 11.5 Å². The van der Waals surface area contributed by atoms with Gasteiger partial charge in [0.1, 0.15) is 0 Å². The molecule has 0 aromatic carbocycles. The molecule has 84 valence electrons. The van der Waals surface area contributed by atoms with Gasteiger partial charge in [-0.3, -0.25) is 0 Å². The zero-order valence-corrected chi connectivity index (χ0v) is 7.38. The predicted octanol–water partition coefficient (Wildman–Crippen LogP) is 0.727. The molecule has 0 aliphatic rings. The minimum absolute atomic E-state index is 0.0842. The molecular weight excluding hydrogens is 215 g/mol. The molecule has 0 fully saturated rings. The van der Waals surface area contributed by atoms with E-state index in [1.807, 2.05) is 0 Å². The first-order valence-electron chi connectivity index (χ1n) is 3.77. The SMILES string of the molecule is NCc1cnc(N)c(O)c1OC(F)(F)F. The molecule has 1 aromatic rings. The summed E-state index contributed by atoms with van der Waals surface area (Å²) in [6, 6.07) is 0. The van der Waals surface area contributed by atoms with E-state index in [1.165, 1.54) is 0 Å². The van der Waals surface area contributed by atoms with Crippen LogP contribution in [0.3, 0.4) is 0 Å². The molecule has 0 spiro atoms. The topological polar surface area (TPSA) is 94.4 Å². The highest BCUT2D eigenvalue weighted by Crippen LogP contribution is 2.37. The molecule has 0 unspecified atom stereocenters. The van der Waals surface area contributed by atoms with E-state index < -0.39 is 23.7 Å². The fourth-order valence-electron chi connectivity index (χ4n) is 0.911. The maximum absolute atomic E-state index is 11.9. The summed E-state index contributed by atoms with van der Waals surface area (Å²) in [6.45, 7) is -0.258. The number of aromatic hydroxyl groups is 1. The smallest absolute Gasteiger partial charge is 0.502 e. The standard InChI is InChI=1S/C7H8F3N3O2/c8-7(9,10)15-5-3(1-11)2-13-6(12)4(5)14/h2,14H,1,11H2,(H2,12,13). The first-order valence-corrected chi connectivity index (χ1v) is 3.77. The lowest BCUT2D eigenvalue weighted by Crippen LogP contribution is -2.19. The molecule has 0 saturated heterocycles. The predicted molar refractivity (Wildman–Crippen MR) is 44.9 cm³/mol. The summed E-state index contributed by atoms with van der Waals surface area (Å²) in [4.78, 5) is 3.44. The quantitative estimate of drug-likeness (QED) is 0.686. The van der Waals surface area contributed by atoms with Gasteiger partial charge < -0.3 is 21.3 Å². The van der Waals surface area contributed by atoms with Crippen LogP contribution in [0.4, 0.5) is 19.0 Å². The Morgan fingerprint density at radius 1 is 1.47 bits per heavy atom. The Morgan fingerprint density at radius 3 is 2.53 bits per heavy atom. The molecule has 15 heavy (non-hydrogen) atoms. The summed E-state index contributed by atoms with van der Waals surface area (Å²) >= 11 is 0. The van der Waals surface area contributed by atoms with Crippen molar-refractivity contribution in [1.82, 2.24) is 4.98 Å². The second-order valence-corrected chi connectivity index (χ2v) is 2.60. The number of anilines is 1. The van der Waals surface area contributed by atoms with Gasteiger partial charge in [-0.1, -0.05) is 0 Å². The molecule has 0 atom stereocenters. The van der Waals surface area contributed by atoms with E-state index in [-0.39, 0.29) is 12.1 Å². The van der Waals surface area contributed by atoms with Gasteiger partial charge in [-0.25, -0.2) is 4.98 Å². The van der Waals surface area contributed by atoms with Gasteiger partial charge in [0.15, 0.2) is 11.6 Å². The zero-order valence-electron chi connectivity index (χ0n) is 7.38. The van der Waals surface area contributed by atoms with Crippen LogP contribution in [0.2, 0.25) is 0 Å². The molecule has 0 amide bonds. The normalized spacial score (nSPS) is 11.5. The van der Waals surface area contributed by atoms with Crippen LogP contribution >= 0.6 is 0 Å². The lowest BCUT2D eigenvalue weighted by Gasteiger charge is -2.14. The lowest BCUT2D eigenvalue weighted by molar-refractivity contribution is -0.275. The van der Waals surface area contributed by atoms with Gasteiger partial charge >= 0.3 is 6.36 Å². The molecule has 8 heteroatoms. The number of rotatable bonds is 2. The molecular formula is C7H8F3N3O2. The highest BCUT2D eigenvalue weighted by atomic mass is 19.4. The third kappa shape index (κ3) is 2.62. The second-order valence-electron chi connectivity index (χ2n) is 2.60. The molecule has 1 rings (SSSR count). The minimum Gasteiger partial charge on any atom is -0.502 e. The molecule has 1 heterocycles. The van der Waals surface area contributed by atoms with Crippen LogP contribution in [0.15, 0.2) is 6.20 Å². The Labute approximate surface area is 82.5 Å². The number of nitrogens with zero attached hydrogens (tertiary/aromatic N) is 1. The van der Waals surface area contributed by atoms with E-state index in [0.717, 1.165) is 6.20 Å². The summed E-state index contributed by atoms with van der Waals surface area (Å²) in [7, 11) is 0. The Balaban J connectivity index is 3.18. The van der Waals surface area contributed by atoms with Crippen molar-refractivity contribution in [3.63, 3.8) is 0 Å². The van der Waals surface area contributed by atoms with Crippen molar-refractivity contribution < 1.29 is 23.0 Å². The lowest BCUT2D eigenvalue weighted by atomic mass is 10.2. The molecule has 0 bridgehead atoms. The van der Waals surface area contributed by atoms with Crippen LogP contribution < -0.4 is 16.2 Å². The largest absolute Gasteiger partial charge is 0.573 e. The highest BCUT2D eigenvalue weighted by molar-refractivity contribution is 5.57. The van der Waals surface area contributed by atoms with Crippen molar-refractivity contribution in [3.8, 4) is 11.5 Å². The molecule has 5 N–H and O–H groups in total. The summed E-state index contributed by atoms with van der Waals surface area (Å²) in [5, 5.41) is 9.20. The summed E-state index contributed by atoms with van der Waals surface area (Å²) < 4.78 is 39.4. The first-order chi connectivity index (χ1) is 6.85. The van der Waals surface area contributed by atoms with Gasteiger partial charge in [0.2, 0.25) is 5.75 Å². The van der Waals surface area contributed by atoms with Crippen LogP contribution in [-0.4, -0.2) is 16.5 Å². The van der Waals surface area contributed by atoms with E-state index >= 15 is 0 Å². The second kappa shape index (κ2) is 3.81. The van der Waals surface area contributed by atoms with Crippen LogP contribution in [0.1, 0.15) is 5.56 Å². The molecule has 5 nitrogen and oxygen atoms in total. The number of alkyl halides is 3. The summed E-state index contributed by atoms with van der Waals surface area (Å²) in [5.41, 5.74) is 10.2.